The van der Waals surface area contributed by atoms with Crippen LogP contribution in [0.1, 0.15) is 33.1 Å². The van der Waals surface area contributed by atoms with Crippen LogP contribution in [0.4, 0.5) is 0 Å². The first-order valence-electron chi connectivity index (χ1n) is 4.11. The van der Waals surface area contributed by atoms with Crippen molar-refractivity contribution in [3.8, 4) is 0 Å². The standard InChI is InChI=1S/C9H16O3/c1-3-4-5-6-7-9(2,12)8(10)11/h5-6,12H,3-4,7H2,1-2H3,(H,10,11)/b6-5+. The summed E-state index contributed by atoms with van der Waals surface area (Å²) in [5, 5.41) is 17.8. The molecular formula is C9H16O3. The highest BCUT2D eigenvalue weighted by Crippen LogP contribution is 2.10. The van der Waals surface area contributed by atoms with E-state index < -0.39 is 11.6 Å². The number of carboxylic acids is 1. The molecule has 0 spiro atoms. The number of aliphatic hydroxyl groups is 1. The Labute approximate surface area is 72.7 Å². The van der Waals surface area contributed by atoms with Crippen molar-refractivity contribution in [1.29, 1.82) is 0 Å². The summed E-state index contributed by atoms with van der Waals surface area (Å²) in [7, 11) is 0. The van der Waals surface area contributed by atoms with Crippen LogP contribution in [0.5, 0.6) is 0 Å². The summed E-state index contributed by atoms with van der Waals surface area (Å²) in [5.41, 5.74) is -1.62. The Balaban J connectivity index is 3.83. The fraction of sp³-hybridized carbons (Fsp3) is 0.667. The summed E-state index contributed by atoms with van der Waals surface area (Å²) in [6, 6.07) is 0. The summed E-state index contributed by atoms with van der Waals surface area (Å²) in [6.45, 7) is 3.34. The second kappa shape index (κ2) is 4.93. The van der Waals surface area contributed by atoms with E-state index in [-0.39, 0.29) is 6.42 Å². The summed E-state index contributed by atoms with van der Waals surface area (Å²) in [5.74, 6) is -1.18. The van der Waals surface area contributed by atoms with Crippen molar-refractivity contribution in [3.63, 3.8) is 0 Å². The average molecular weight is 172 g/mol. The van der Waals surface area contributed by atoms with Crippen molar-refractivity contribution >= 4 is 5.97 Å². The first kappa shape index (κ1) is 11.2. The number of hydrogen-bond acceptors (Lipinski definition) is 2. The number of carbonyl (C=O) groups is 1. The predicted molar refractivity (Wildman–Crippen MR) is 46.9 cm³/mol. The van der Waals surface area contributed by atoms with Gasteiger partial charge in [0.1, 0.15) is 0 Å². The Hall–Kier alpha value is -0.830. The fourth-order valence-electron chi connectivity index (χ4n) is 0.685. The number of aliphatic carboxylic acids is 1. The number of allylic oxidation sites excluding steroid dienone is 1. The van der Waals surface area contributed by atoms with E-state index >= 15 is 0 Å². The normalized spacial score (nSPS) is 16.2. The zero-order valence-corrected chi connectivity index (χ0v) is 7.58. The largest absolute Gasteiger partial charge is 0.479 e. The summed E-state index contributed by atoms with van der Waals surface area (Å²) >= 11 is 0. The molecule has 0 aliphatic heterocycles. The molecule has 0 saturated carbocycles. The Morgan fingerprint density at radius 1 is 1.50 bits per heavy atom. The molecule has 0 aliphatic carbocycles. The Kier molecular flexibility index (Phi) is 4.59. The quantitative estimate of drug-likeness (QED) is 0.619. The molecule has 0 rings (SSSR count). The zero-order chi connectivity index (χ0) is 9.61. The minimum Gasteiger partial charge on any atom is -0.479 e. The van der Waals surface area contributed by atoms with Gasteiger partial charge in [-0.2, -0.15) is 0 Å². The highest BCUT2D eigenvalue weighted by atomic mass is 16.4. The van der Waals surface area contributed by atoms with Gasteiger partial charge in [0.05, 0.1) is 0 Å². The van der Waals surface area contributed by atoms with Gasteiger partial charge in [-0.1, -0.05) is 25.5 Å². The third-order valence-electron chi connectivity index (χ3n) is 1.60. The molecule has 0 amide bonds. The number of rotatable bonds is 5. The van der Waals surface area contributed by atoms with Crippen molar-refractivity contribution in [2.75, 3.05) is 0 Å². The Bertz CT molecular complexity index is 171. The highest BCUT2D eigenvalue weighted by Gasteiger charge is 2.27. The maximum atomic E-state index is 10.4. The first-order valence-corrected chi connectivity index (χ1v) is 4.11. The van der Waals surface area contributed by atoms with Crippen LogP contribution in [0.2, 0.25) is 0 Å². The van der Waals surface area contributed by atoms with E-state index in [2.05, 4.69) is 0 Å². The van der Waals surface area contributed by atoms with Crippen LogP contribution in [-0.4, -0.2) is 21.8 Å². The van der Waals surface area contributed by atoms with E-state index in [4.69, 9.17) is 5.11 Å². The van der Waals surface area contributed by atoms with Crippen molar-refractivity contribution in [3.05, 3.63) is 12.2 Å². The lowest BCUT2D eigenvalue weighted by atomic mass is 10.0. The summed E-state index contributed by atoms with van der Waals surface area (Å²) in [6.07, 6.45) is 5.72. The SMILES string of the molecule is CCC/C=C/CC(C)(O)C(=O)O. The van der Waals surface area contributed by atoms with Crippen LogP contribution in [0.15, 0.2) is 12.2 Å². The molecule has 0 aromatic carbocycles. The van der Waals surface area contributed by atoms with Gasteiger partial charge in [-0.25, -0.2) is 4.79 Å². The summed E-state index contributed by atoms with van der Waals surface area (Å²) in [4.78, 5) is 10.4. The third-order valence-corrected chi connectivity index (χ3v) is 1.60. The van der Waals surface area contributed by atoms with Gasteiger partial charge in [0.2, 0.25) is 0 Å². The van der Waals surface area contributed by atoms with Crippen LogP contribution < -0.4 is 0 Å². The Morgan fingerprint density at radius 2 is 2.08 bits per heavy atom. The molecule has 0 aromatic heterocycles. The smallest absolute Gasteiger partial charge is 0.335 e. The predicted octanol–water partition coefficient (Wildman–Crippen LogP) is 1.57. The summed E-state index contributed by atoms with van der Waals surface area (Å²) < 4.78 is 0. The van der Waals surface area contributed by atoms with Crippen molar-refractivity contribution in [2.45, 2.75) is 38.7 Å². The van der Waals surface area contributed by atoms with Gasteiger partial charge < -0.3 is 10.2 Å². The third kappa shape index (κ3) is 4.13. The molecule has 12 heavy (non-hydrogen) atoms. The molecular weight excluding hydrogens is 156 g/mol. The molecule has 0 fully saturated rings. The van der Waals surface area contributed by atoms with Gasteiger partial charge in [0.25, 0.3) is 0 Å². The van der Waals surface area contributed by atoms with Gasteiger partial charge in [0, 0.05) is 6.42 Å². The number of hydrogen-bond donors (Lipinski definition) is 2. The van der Waals surface area contributed by atoms with Gasteiger partial charge in [-0.3, -0.25) is 0 Å². The van der Waals surface area contributed by atoms with Gasteiger partial charge in [-0.15, -0.1) is 0 Å². The maximum absolute atomic E-state index is 10.4. The Morgan fingerprint density at radius 3 is 2.50 bits per heavy atom. The van der Waals surface area contributed by atoms with E-state index in [1.165, 1.54) is 6.92 Å². The van der Waals surface area contributed by atoms with Crippen LogP contribution in [-0.2, 0) is 4.79 Å². The van der Waals surface area contributed by atoms with Crippen LogP contribution in [0.3, 0.4) is 0 Å². The molecule has 2 N–H and O–H groups in total. The van der Waals surface area contributed by atoms with Crippen LogP contribution >= 0.6 is 0 Å². The highest BCUT2D eigenvalue weighted by molar-refractivity contribution is 5.76. The molecule has 0 aromatic rings. The minimum atomic E-state index is -1.62. The van der Waals surface area contributed by atoms with Gasteiger partial charge >= 0.3 is 5.97 Å². The van der Waals surface area contributed by atoms with E-state index in [1.54, 1.807) is 6.08 Å². The van der Waals surface area contributed by atoms with E-state index in [1.807, 2.05) is 13.0 Å². The molecule has 70 valence electrons. The number of carboxylic acid groups (broad SMARTS) is 1. The molecule has 0 radical (unpaired) electrons. The van der Waals surface area contributed by atoms with E-state index in [0.717, 1.165) is 12.8 Å². The van der Waals surface area contributed by atoms with Crippen LogP contribution in [0.25, 0.3) is 0 Å². The molecule has 3 heteroatoms. The van der Waals surface area contributed by atoms with Crippen molar-refractivity contribution in [1.82, 2.24) is 0 Å². The lowest BCUT2D eigenvalue weighted by Crippen LogP contribution is -2.33. The molecule has 0 saturated heterocycles. The van der Waals surface area contributed by atoms with Gasteiger partial charge in [-0.05, 0) is 13.3 Å². The molecule has 1 atom stereocenters. The zero-order valence-electron chi connectivity index (χ0n) is 7.58. The van der Waals surface area contributed by atoms with E-state index in [9.17, 15) is 9.90 Å². The average Bonchev–Trinajstić information content (AvgIpc) is 1.98. The van der Waals surface area contributed by atoms with Crippen molar-refractivity contribution < 1.29 is 15.0 Å². The fourth-order valence-corrected chi connectivity index (χ4v) is 0.685. The lowest BCUT2D eigenvalue weighted by molar-refractivity contribution is -0.156. The monoisotopic (exact) mass is 172 g/mol. The molecule has 0 heterocycles. The first-order chi connectivity index (χ1) is 5.50. The second-order valence-electron chi connectivity index (χ2n) is 3.04. The molecule has 1 unspecified atom stereocenters. The van der Waals surface area contributed by atoms with Crippen molar-refractivity contribution in [2.24, 2.45) is 0 Å². The topological polar surface area (TPSA) is 57.5 Å². The second-order valence-corrected chi connectivity index (χ2v) is 3.04. The molecule has 0 aliphatic rings. The van der Waals surface area contributed by atoms with Gasteiger partial charge in [0.15, 0.2) is 5.60 Å². The molecule has 0 bridgehead atoms. The molecule has 3 nitrogen and oxygen atoms in total. The lowest BCUT2D eigenvalue weighted by Gasteiger charge is -2.14. The van der Waals surface area contributed by atoms with E-state index in [0.29, 0.717) is 0 Å². The number of unbranched alkanes of at least 4 members (excludes halogenated alkanes) is 1. The maximum Gasteiger partial charge on any atom is 0.335 e. The van der Waals surface area contributed by atoms with Crippen LogP contribution in [0, 0.1) is 0 Å². The minimum absolute atomic E-state index is 0.169.